The van der Waals surface area contributed by atoms with Gasteiger partial charge in [0.05, 0.1) is 23.2 Å². The van der Waals surface area contributed by atoms with Crippen molar-refractivity contribution in [2.75, 3.05) is 44.7 Å². The Labute approximate surface area is 243 Å². The van der Waals surface area contributed by atoms with E-state index in [9.17, 15) is 10.1 Å². The predicted molar refractivity (Wildman–Crippen MR) is 160 cm³/mol. The molecule has 0 saturated carbocycles. The van der Waals surface area contributed by atoms with Crippen molar-refractivity contribution in [1.82, 2.24) is 29.7 Å². The first-order valence-corrected chi connectivity index (χ1v) is 14.6. The zero-order chi connectivity index (χ0) is 28.5. The quantitative estimate of drug-likeness (QED) is 0.354. The Morgan fingerprint density at radius 2 is 1.98 bits per heavy atom. The Balaban J connectivity index is 1.54. The van der Waals surface area contributed by atoms with Gasteiger partial charge in [-0.15, -0.1) is 0 Å². The average Bonchev–Trinajstić information content (AvgIpc) is 3.40. The van der Waals surface area contributed by atoms with Crippen LogP contribution < -0.4 is 20.5 Å². The lowest BCUT2D eigenvalue weighted by Gasteiger charge is -2.34. The van der Waals surface area contributed by atoms with Gasteiger partial charge >= 0.3 is 6.01 Å². The molecule has 2 saturated heterocycles. The molecule has 212 valence electrons. The summed E-state index contributed by atoms with van der Waals surface area (Å²) in [6.07, 6.45) is 3.05. The van der Waals surface area contributed by atoms with E-state index in [0.29, 0.717) is 67.0 Å². The minimum atomic E-state index is -0.297. The number of ether oxygens (including phenoxy) is 1. The first kappa shape index (κ1) is 27.4. The highest BCUT2D eigenvalue weighted by Gasteiger charge is 2.27. The average molecular weight is 573 g/mol. The number of fused-ring (bicyclic) bond motifs is 2. The van der Waals surface area contributed by atoms with Gasteiger partial charge in [0.1, 0.15) is 17.9 Å². The highest BCUT2D eigenvalue weighted by atomic mass is 35.5. The predicted octanol–water partition coefficient (Wildman–Crippen LogP) is 3.71. The van der Waals surface area contributed by atoms with Crippen LogP contribution in [0.25, 0.3) is 27.5 Å². The van der Waals surface area contributed by atoms with Crippen molar-refractivity contribution in [1.29, 1.82) is 5.26 Å². The summed E-state index contributed by atoms with van der Waals surface area (Å²) in [6, 6.07) is 14.2. The van der Waals surface area contributed by atoms with Crippen LogP contribution in [0.1, 0.15) is 32.0 Å². The number of halogens is 1. The van der Waals surface area contributed by atoms with Crippen LogP contribution in [0, 0.1) is 11.3 Å². The second-order valence-electron chi connectivity index (χ2n) is 10.7. The third-order valence-electron chi connectivity index (χ3n) is 8.11. The standard InChI is InChI=1S/C30H33ClN8O2/c1-3-24-34-26-27(29(40)39(24)23-11-5-8-19-7-4-10-22(31)25(19)23)35-30(41-18-21-9-6-15-37(21)2)36-28(26)38-16-14-33-20(17-38)12-13-32/h4-5,7-8,10-11,20-21,33H,3,6,9,12,14-18H2,1-2H3/t20-,21-/m0/s1. The molecule has 0 spiro atoms. The van der Waals surface area contributed by atoms with Gasteiger partial charge in [0.15, 0.2) is 11.3 Å². The second kappa shape index (κ2) is 11.6. The first-order valence-electron chi connectivity index (χ1n) is 14.2. The van der Waals surface area contributed by atoms with Crippen molar-refractivity contribution in [3.63, 3.8) is 0 Å². The van der Waals surface area contributed by atoms with Crippen LogP contribution in [0.3, 0.4) is 0 Å². The number of hydrogen-bond acceptors (Lipinski definition) is 9. The summed E-state index contributed by atoms with van der Waals surface area (Å²) in [5, 5.41) is 15.0. The molecule has 2 fully saturated rings. The number of aromatic nitrogens is 4. The SMILES string of the molecule is CCc1nc2c(N3CCN[C@@H](CC#N)C3)nc(OC[C@@H]3CCCN3C)nc2c(=O)n1-c1cccc2cccc(Cl)c12. The fourth-order valence-corrected chi connectivity index (χ4v) is 6.21. The monoisotopic (exact) mass is 572 g/mol. The number of nitrogens with zero attached hydrogens (tertiary/aromatic N) is 7. The number of hydrogen-bond donors (Lipinski definition) is 1. The number of benzene rings is 2. The van der Waals surface area contributed by atoms with Crippen molar-refractivity contribution in [3.05, 3.63) is 57.6 Å². The summed E-state index contributed by atoms with van der Waals surface area (Å²) in [5.41, 5.74) is 1.00. The molecule has 0 aliphatic carbocycles. The van der Waals surface area contributed by atoms with E-state index < -0.39 is 0 Å². The number of rotatable bonds is 7. The van der Waals surface area contributed by atoms with Crippen molar-refractivity contribution in [2.45, 2.75) is 44.7 Å². The zero-order valence-electron chi connectivity index (χ0n) is 23.3. The van der Waals surface area contributed by atoms with E-state index in [-0.39, 0.29) is 29.2 Å². The molecule has 4 heterocycles. The molecule has 0 amide bonds. The molecular weight excluding hydrogens is 540 g/mol. The third-order valence-corrected chi connectivity index (χ3v) is 8.42. The summed E-state index contributed by atoms with van der Waals surface area (Å²) < 4.78 is 7.79. The summed E-state index contributed by atoms with van der Waals surface area (Å²) in [4.78, 5) is 33.2. The maximum Gasteiger partial charge on any atom is 0.319 e. The summed E-state index contributed by atoms with van der Waals surface area (Å²) in [7, 11) is 2.09. The molecule has 0 bridgehead atoms. The molecule has 11 heteroatoms. The molecule has 2 atom stereocenters. The van der Waals surface area contributed by atoms with E-state index in [4.69, 9.17) is 26.3 Å². The third kappa shape index (κ3) is 5.21. The Bertz CT molecular complexity index is 1700. The van der Waals surface area contributed by atoms with Gasteiger partial charge in [-0.25, -0.2) is 4.98 Å². The largest absolute Gasteiger partial charge is 0.462 e. The topological polar surface area (TPSA) is 112 Å². The maximum atomic E-state index is 14.4. The van der Waals surface area contributed by atoms with Gasteiger partial charge in [0.2, 0.25) is 0 Å². The summed E-state index contributed by atoms with van der Waals surface area (Å²) >= 11 is 6.66. The molecule has 0 radical (unpaired) electrons. The lowest BCUT2D eigenvalue weighted by Crippen LogP contribution is -2.51. The molecule has 41 heavy (non-hydrogen) atoms. The number of anilines is 1. The summed E-state index contributed by atoms with van der Waals surface area (Å²) in [6.45, 7) is 5.35. The normalized spacial score (nSPS) is 19.6. The number of likely N-dealkylation sites (tertiary alicyclic amines) is 1. The smallest absolute Gasteiger partial charge is 0.319 e. The fourth-order valence-electron chi connectivity index (χ4n) is 5.94. The van der Waals surface area contributed by atoms with Crippen LogP contribution in [-0.4, -0.2) is 76.3 Å². The Morgan fingerprint density at radius 1 is 1.15 bits per heavy atom. The van der Waals surface area contributed by atoms with Crippen LogP contribution in [0.5, 0.6) is 6.01 Å². The Hall–Kier alpha value is -3.78. The van der Waals surface area contributed by atoms with Gasteiger partial charge < -0.3 is 19.9 Å². The van der Waals surface area contributed by atoms with Crippen LogP contribution >= 0.6 is 11.6 Å². The fraction of sp³-hybridized carbons (Fsp3) is 0.433. The number of piperazine rings is 1. The molecule has 2 aliphatic heterocycles. The molecule has 4 aromatic rings. The van der Waals surface area contributed by atoms with Crippen molar-refractivity contribution < 1.29 is 4.74 Å². The van der Waals surface area contributed by atoms with Gasteiger partial charge in [0.25, 0.3) is 5.56 Å². The van der Waals surface area contributed by atoms with Crippen LogP contribution in [0.2, 0.25) is 5.02 Å². The van der Waals surface area contributed by atoms with E-state index in [1.165, 1.54) is 0 Å². The van der Waals surface area contributed by atoms with E-state index in [2.05, 4.69) is 33.2 Å². The van der Waals surface area contributed by atoms with Crippen molar-refractivity contribution >= 4 is 39.2 Å². The second-order valence-corrected chi connectivity index (χ2v) is 11.1. The molecule has 0 unspecified atom stereocenters. The van der Waals surface area contributed by atoms with Crippen molar-refractivity contribution in [3.8, 4) is 17.8 Å². The summed E-state index contributed by atoms with van der Waals surface area (Å²) in [5.74, 6) is 1.15. The first-order chi connectivity index (χ1) is 20.0. The molecule has 2 aromatic heterocycles. The van der Waals surface area contributed by atoms with E-state index in [1.54, 1.807) is 4.57 Å². The maximum absolute atomic E-state index is 14.4. The number of nitrogens with one attached hydrogen (secondary N) is 1. The van der Waals surface area contributed by atoms with E-state index >= 15 is 0 Å². The van der Waals surface area contributed by atoms with Gasteiger partial charge in [-0.3, -0.25) is 9.36 Å². The molecule has 6 rings (SSSR count). The Kier molecular flexibility index (Phi) is 7.75. The zero-order valence-corrected chi connectivity index (χ0v) is 24.1. The van der Waals surface area contributed by atoms with Crippen LogP contribution in [0.4, 0.5) is 5.82 Å². The molecule has 2 aromatic carbocycles. The number of aryl methyl sites for hydroxylation is 1. The minimum Gasteiger partial charge on any atom is -0.462 e. The van der Waals surface area contributed by atoms with Crippen LogP contribution in [0.15, 0.2) is 41.2 Å². The van der Waals surface area contributed by atoms with Gasteiger partial charge in [-0.1, -0.05) is 42.8 Å². The highest BCUT2D eigenvalue weighted by molar-refractivity contribution is 6.36. The van der Waals surface area contributed by atoms with Gasteiger partial charge in [-0.2, -0.15) is 15.2 Å². The van der Waals surface area contributed by atoms with Crippen LogP contribution in [-0.2, 0) is 6.42 Å². The van der Waals surface area contributed by atoms with E-state index in [1.807, 2.05) is 43.3 Å². The molecule has 1 N–H and O–H groups in total. The Morgan fingerprint density at radius 3 is 2.73 bits per heavy atom. The highest BCUT2D eigenvalue weighted by Crippen LogP contribution is 2.31. The van der Waals surface area contributed by atoms with E-state index in [0.717, 1.165) is 30.2 Å². The molecular formula is C30H33ClN8O2. The minimum absolute atomic E-state index is 0.0147. The van der Waals surface area contributed by atoms with Gasteiger partial charge in [-0.05, 0) is 44.0 Å². The van der Waals surface area contributed by atoms with Gasteiger partial charge in [0, 0.05) is 43.5 Å². The molecule has 10 nitrogen and oxygen atoms in total. The lowest BCUT2D eigenvalue weighted by atomic mass is 10.1. The number of nitriles is 1. The molecule has 2 aliphatic rings. The van der Waals surface area contributed by atoms with Crippen molar-refractivity contribution in [2.24, 2.45) is 0 Å². The lowest BCUT2D eigenvalue weighted by molar-refractivity contribution is 0.188. The number of likely N-dealkylation sites (N-methyl/N-ethyl adjacent to an activating group) is 1.